The molecule has 2 N–H and O–H groups in total. The Labute approximate surface area is 128 Å². The van der Waals surface area contributed by atoms with E-state index in [1.807, 2.05) is 20.8 Å². The van der Waals surface area contributed by atoms with E-state index >= 15 is 0 Å². The average Bonchev–Trinajstić information content (AvgIpc) is 2.29. The predicted octanol–water partition coefficient (Wildman–Crippen LogP) is 2.57. The first-order valence-electron chi connectivity index (χ1n) is 6.19. The molecule has 0 aliphatic heterocycles. The molecule has 0 radical (unpaired) electrons. The lowest BCUT2D eigenvalue weighted by molar-refractivity contribution is -0.126. The largest absolute Gasteiger partial charge is 0.350 e. The monoisotopic (exact) mass is 316 g/mol. The first-order chi connectivity index (χ1) is 9.19. The molecule has 0 heterocycles. The second-order valence-electron chi connectivity index (χ2n) is 5.45. The van der Waals surface area contributed by atoms with Gasteiger partial charge in [0, 0.05) is 15.6 Å². The summed E-state index contributed by atoms with van der Waals surface area (Å²) >= 11 is 12.0. The number of nitrogens with one attached hydrogen (secondary N) is 2. The van der Waals surface area contributed by atoms with Gasteiger partial charge in [0.2, 0.25) is 11.8 Å². The molecule has 110 valence electrons. The number of hydrogen-bond acceptors (Lipinski definition) is 2. The zero-order chi connectivity index (χ0) is 15.3. The minimum Gasteiger partial charge on any atom is -0.350 e. The zero-order valence-corrected chi connectivity index (χ0v) is 13.2. The summed E-state index contributed by atoms with van der Waals surface area (Å²) in [5, 5.41) is 6.17. The molecule has 4 nitrogen and oxygen atoms in total. The quantitative estimate of drug-likeness (QED) is 0.897. The van der Waals surface area contributed by atoms with Gasteiger partial charge in [-0.1, -0.05) is 29.3 Å². The molecule has 0 aromatic heterocycles. The van der Waals surface area contributed by atoms with E-state index in [1.165, 1.54) is 0 Å². The van der Waals surface area contributed by atoms with Crippen molar-refractivity contribution in [1.82, 2.24) is 10.6 Å². The van der Waals surface area contributed by atoms with E-state index in [1.54, 1.807) is 18.2 Å². The summed E-state index contributed by atoms with van der Waals surface area (Å²) in [5.74, 6) is -0.542. The molecule has 2 amide bonds. The Balaban J connectivity index is 2.51. The van der Waals surface area contributed by atoms with Gasteiger partial charge in [0.05, 0.1) is 13.0 Å². The number of carbonyl (C=O) groups is 2. The molecule has 1 aromatic carbocycles. The van der Waals surface area contributed by atoms with Gasteiger partial charge in [0.1, 0.15) is 0 Å². The molecule has 0 unspecified atom stereocenters. The van der Waals surface area contributed by atoms with Gasteiger partial charge in [-0.15, -0.1) is 0 Å². The third kappa shape index (κ3) is 5.80. The van der Waals surface area contributed by atoms with Crippen molar-refractivity contribution in [2.75, 3.05) is 6.54 Å². The van der Waals surface area contributed by atoms with Gasteiger partial charge in [0.25, 0.3) is 0 Å². The molecule has 0 aliphatic carbocycles. The fourth-order valence-corrected chi connectivity index (χ4v) is 2.10. The highest BCUT2D eigenvalue weighted by molar-refractivity contribution is 6.36. The smallest absolute Gasteiger partial charge is 0.239 e. The second-order valence-corrected chi connectivity index (χ2v) is 6.27. The number of carbonyl (C=O) groups excluding carboxylic acids is 2. The standard InChI is InChI=1S/C14H18Cl2N2O2/c1-14(2,3)18-13(20)8-17-12(19)7-9-10(15)5-4-6-11(9)16/h4-6H,7-8H2,1-3H3,(H,17,19)(H,18,20). The molecule has 0 aliphatic rings. The van der Waals surface area contributed by atoms with Crippen LogP contribution in [0.4, 0.5) is 0 Å². The van der Waals surface area contributed by atoms with E-state index in [2.05, 4.69) is 10.6 Å². The predicted molar refractivity (Wildman–Crippen MR) is 81.1 cm³/mol. The molecule has 0 saturated heterocycles. The van der Waals surface area contributed by atoms with Crippen molar-refractivity contribution in [2.24, 2.45) is 0 Å². The highest BCUT2D eigenvalue weighted by Crippen LogP contribution is 2.24. The molecule has 1 rings (SSSR count). The average molecular weight is 317 g/mol. The second kappa shape index (κ2) is 6.95. The molecule has 0 spiro atoms. The van der Waals surface area contributed by atoms with Gasteiger partial charge in [0.15, 0.2) is 0 Å². The zero-order valence-electron chi connectivity index (χ0n) is 11.7. The molecule has 1 aromatic rings. The first-order valence-corrected chi connectivity index (χ1v) is 6.95. The van der Waals surface area contributed by atoms with Crippen molar-refractivity contribution in [3.8, 4) is 0 Å². The van der Waals surface area contributed by atoms with Gasteiger partial charge in [-0.3, -0.25) is 9.59 Å². The Morgan fingerprint density at radius 1 is 1.10 bits per heavy atom. The lowest BCUT2D eigenvalue weighted by Crippen LogP contribution is -2.46. The van der Waals surface area contributed by atoms with Gasteiger partial charge in [-0.2, -0.15) is 0 Å². The summed E-state index contributed by atoms with van der Waals surface area (Å²) < 4.78 is 0. The molecule has 0 atom stereocenters. The van der Waals surface area contributed by atoms with E-state index in [-0.39, 0.29) is 30.3 Å². The number of halogens is 2. The van der Waals surface area contributed by atoms with Crippen LogP contribution in [0.25, 0.3) is 0 Å². The lowest BCUT2D eigenvalue weighted by atomic mass is 10.1. The maximum absolute atomic E-state index is 11.8. The van der Waals surface area contributed by atoms with E-state index in [0.29, 0.717) is 15.6 Å². The third-order valence-electron chi connectivity index (χ3n) is 2.36. The van der Waals surface area contributed by atoms with Crippen LogP contribution in [0.5, 0.6) is 0 Å². The summed E-state index contributed by atoms with van der Waals surface area (Å²) in [5.41, 5.74) is 0.234. The van der Waals surface area contributed by atoms with Crippen molar-refractivity contribution in [3.63, 3.8) is 0 Å². The molecule has 6 heteroatoms. The number of rotatable bonds is 4. The van der Waals surface area contributed by atoms with E-state index < -0.39 is 0 Å². The molecule has 0 bridgehead atoms. The van der Waals surface area contributed by atoms with Crippen LogP contribution in [0.1, 0.15) is 26.3 Å². The van der Waals surface area contributed by atoms with E-state index in [0.717, 1.165) is 0 Å². The third-order valence-corrected chi connectivity index (χ3v) is 3.07. The van der Waals surface area contributed by atoms with Gasteiger partial charge in [-0.25, -0.2) is 0 Å². The van der Waals surface area contributed by atoms with Gasteiger partial charge >= 0.3 is 0 Å². The highest BCUT2D eigenvalue weighted by Gasteiger charge is 2.15. The Bertz CT molecular complexity index is 490. The molecule has 0 fully saturated rings. The summed E-state index contributed by atoms with van der Waals surface area (Å²) in [6, 6.07) is 5.05. The van der Waals surface area contributed by atoms with Crippen molar-refractivity contribution < 1.29 is 9.59 Å². The number of hydrogen-bond donors (Lipinski definition) is 2. The number of benzene rings is 1. The Hall–Kier alpha value is -1.26. The van der Waals surface area contributed by atoms with Crippen LogP contribution in [0.2, 0.25) is 10.0 Å². The fraction of sp³-hybridized carbons (Fsp3) is 0.429. The Morgan fingerprint density at radius 3 is 2.15 bits per heavy atom. The molecular formula is C14H18Cl2N2O2. The van der Waals surface area contributed by atoms with E-state index in [9.17, 15) is 9.59 Å². The van der Waals surface area contributed by atoms with Crippen molar-refractivity contribution >= 4 is 35.0 Å². The normalized spacial score (nSPS) is 11.1. The van der Waals surface area contributed by atoms with Crippen LogP contribution in [-0.2, 0) is 16.0 Å². The highest BCUT2D eigenvalue weighted by atomic mass is 35.5. The van der Waals surface area contributed by atoms with Crippen molar-refractivity contribution in [1.29, 1.82) is 0 Å². The van der Waals surface area contributed by atoms with Crippen LogP contribution >= 0.6 is 23.2 Å². The van der Waals surface area contributed by atoms with Crippen LogP contribution in [0.3, 0.4) is 0 Å². The maximum atomic E-state index is 11.8. The van der Waals surface area contributed by atoms with Gasteiger partial charge < -0.3 is 10.6 Å². The van der Waals surface area contributed by atoms with Crippen molar-refractivity contribution in [2.45, 2.75) is 32.7 Å². The SMILES string of the molecule is CC(C)(C)NC(=O)CNC(=O)Cc1c(Cl)cccc1Cl. The van der Waals surface area contributed by atoms with Crippen LogP contribution in [0, 0.1) is 0 Å². The Morgan fingerprint density at radius 2 is 1.65 bits per heavy atom. The minimum atomic E-state index is -0.326. The summed E-state index contributed by atoms with van der Waals surface area (Å²) in [6.45, 7) is 5.54. The van der Waals surface area contributed by atoms with E-state index in [4.69, 9.17) is 23.2 Å². The van der Waals surface area contributed by atoms with Crippen LogP contribution in [-0.4, -0.2) is 23.9 Å². The first kappa shape index (κ1) is 16.8. The summed E-state index contributed by atoms with van der Waals surface area (Å²) in [7, 11) is 0. The van der Waals surface area contributed by atoms with Gasteiger partial charge in [-0.05, 0) is 38.5 Å². The topological polar surface area (TPSA) is 58.2 Å². The fourth-order valence-electron chi connectivity index (χ4n) is 1.57. The van der Waals surface area contributed by atoms with Crippen LogP contribution in [0.15, 0.2) is 18.2 Å². The summed E-state index contributed by atoms with van der Waals surface area (Å²) in [4.78, 5) is 23.4. The number of amides is 2. The Kier molecular flexibility index (Phi) is 5.84. The van der Waals surface area contributed by atoms with Crippen molar-refractivity contribution in [3.05, 3.63) is 33.8 Å². The lowest BCUT2D eigenvalue weighted by Gasteiger charge is -2.20. The minimum absolute atomic E-state index is 0.0430. The maximum Gasteiger partial charge on any atom is 0.239 e. The van der Waals surface area contributed by atoms with Crippen LogP contribution < -0.4 is 10.6 Å². The molecule has 0 saturated carbocycles. The molecule has 20 heavy (non-hydrogen) atoms. The molecular weight excluding hydrogens is 299 g/mol. The summed E-state index contributed by atoms with van der Waals surface area (Å²) in [6.07, 6.45) is 0.0430.